The zero-order valence-corrected chi connectivity index (χ0v) is 11.8. The number of hydrogen-bond donors (Lipinski definition) is 2. The molecule has 3 nitrogen and oxygen atoms in total. The first-order valence-electron chi connectivity index (χ1n) is 6.54. The molecule has 110 valence electrons. The number of carbonyl (C=O) groups excluding carboxylic acids is 1. The number of carbonyl (C=O) groups is 1. The quantitative estimate of drug-likeness (QED) is 0.901. The van der Waals surface area contributed by atoms with Gasteiger partial charge in [-0.05, 0) is 38.1 Å². The van der Waals surface area contributed by atoms with Gasteiger partial charge in [0.2, 0.25) is 5.91 Å². The van der Waals surface area contributed by atoms with Crippen LogP contribution in [-0.2, 0) is 4.79 Å². The number of nitrogens with one attached hydrogen (secondary N) is 2. The summed E-state index contributed by atoms with van der Waals surface area (Å²) in [4.78, 5) is 12.0. The highest BCUT2D eigenvalue weighted by atomic mass is 19.1. The summed E-state index contributed by atoms with van der Waals surface area (Å²) < 4.78 is 26.2. The Morgan fingerprint density at radius 2 is 1.57 bits per heavy atom. The number of amides is 1. The second-order valence-electron chi connectivity index (χ2n) is 4.88. The summed E-state index contributed by atoms with van der Waals surface area (Å²) in [5.41, 5.74) is 1.98. The van der Waals surface area contributed by atoms with Gasteiger partial charge in [-0.25, -0.2) is 8.78 Å². The van der Waals surface area contributed by atoms with Gasteiger partial charge in [0.25, 0.3) is 0 Å². The highest BCUT2D eigenvalue weighted by Crippen LogP contribution is 2.15. The van der Waals surface area contributed by atoms with Crippen LogP contribution in [0.2, 0.25) is 0 Å². The molecule has 1 unspecified atom stereocenters. The predicted molar refractivity (Wildman–Crippen MR) is 79.3 cm³/mol. The van der Waals surface area contributed by atoms with Crippen molar-refractivity contribution in [3.63, 3.8) is 0 Å². The van der Waals surface area contributed by atoms with Crippen LogP contribution < -0.4 is 10.6 Å². The normalized spacial score (nSPS) is 11.8. The molecule has 5 heteroatoms. The summed E-state index contributed by atoms with van der Waals surface area (Å²) in [6, 6.07) is 9.78. The SMILES string of the molecule is Cc1ccc(NC(=O)C(C)Nc2cc(F)cc(F)c2)cc1. The van der Waals surface area contributed by atoms with Gasteiger partial charge in [-0.1, -0.05) is 17.7 Å². The van der Waals surface area contributed by atoms with Crippen LogP contribution in [0.4, 0.5) is 20.2 Å². The minimum atomic E-state index is -0.691. The van der Waals surface area contributed by atoms with Crippen molar-refractivity contribution in [2.75, 3.05) is 10.6 Å². The molecule has 0 aliphatic carbocycles. The number of anilines is 2. The van der Waals surface area contributed by atoms with Gasteiger partial charge in [0.1, 0.15) is 17.7 Å². The second kappa shape index (κ2) is 6.35. The minimum absolute atomic E-state index is 0.221. The first-order valence-corrected chi connectivity index (χ1v) is 6.54. The van der Waals surface area contributed by atoms with Gasteiger partial charge < -0.3 is 10.6 Å². The molecule has 0 aliphatic rings. The van der Waals surface area contributed by atoms with Crippen LogP contribution >= 0.6 is 0 Å². The van der Waals surface area contributed by atoms with Gasteiger partial charge in [-0.2, -0.15) is 0 Å². The average Bonchev–Trinajstić information content (AvgIpc) is 2.40. The Kier molecular flexibility index (Phi) is 4.52. The summed E-state index contributed by atoms with van der Waals surface area (Å²) in [7, 11) is 0. The fourth-order valence-electron chi connectivity index (χ4n) is 1.84. The molecular formula is C16H16F2N2O. The van der Waals surface area contributed by atoms with E-state index in [9.17, 15) is 13.6 Å². The number of rotatable bonds is 4. The summed E-state index contributed by atoms with van der Waals surface area (Å²) >= 11 is 0. The maximum absolute atomic E-state index is 13.1. The maximum atomic E-state index is 13.1. The fraction of sp³-hybridized carbons (Fsp3) is 0.188. The zero-order valence-electron chi connectivity index (χ0n) is 11.8. The molecule has 0 fully saturated rings. The number of halogens is 2. The van der Waals surface area contributed by atoms with E-state index in [1.54, 1.807) is 19.1 Å². The van der Waals surface area contributed by atoms with Crippen LogP contribution in [0.5, 0.6) is 0 Å². The maximum Gasteiger partial charge on any atom is 0.246 e. The van der Waals surface area contributed by atoms with Crippen LogP contribution in [0.1, 0.15) is 12.5 Å². The largest absolute Gasteiger partial charge is 0.374 e. The molecule has 0 heterocycles. The third-order valence-corrected chi connectivity index (χ3v) is 2.96. The molecule has 2 aromatic rings. The minimum Gasteiger partial charge on any atom is -0.374 e. The van der Waals surface area contributed by atoms with E-state index in [0.717, 1.165) is 23.8 Å². The molecule has 0 aromatic heterocycles. The van der Waals surface area contributed by atoms with Crippen LogP contribution in [-0.4, -0.2) is 11.9 Å². The molecule has 0 bridgehead atoms. The van der Waals surface area contributed by atoms with Crippen molar-refractivity contribution < 1.29 is 13.6 Å². The standard InChI is InChI=1S/C16H16F2N2O/c1-10-3-5-14(6-4-10)20-16(21)11(2)19-15-8-12(17)7-13(18)9-15/h3-9,11,19H,1-2H3,(H,20,21). The smallest absolute Gasteiger partial charge is 0.246 e. The third kappa shape index (κ3) is 4.27. The molecule has 0 aliphatic heterocycles. The highest BCUT2D eigenvalue weighted by molar-refractivity contribution is 5.96. The van der Waals surface area contributed by atoms with Gasteiger partial charge in [0.05, 0.1) is 0 Å². The van der Waals surface area contributed by atoms with E-state index in [1.807, 2.05) is 19.1 Å². The Morgan fingerprint density at radius 1 is 1.00 bits per heavy atom. The molecule has 0 radical (unpaired) electrons. The van der Waals surface area contributed by atoms with E-state index >= 15 is 0 Å². The summed E-state index contributed by atoms with van der Waals surface area (Å²) in [5.74, 6) is -1.67. The van der Waals surface area contributed by atoms with E-state index in [4.69, 9.17) is 0 Å². The Labute approximate surface area is 122 Å². The van der Waals surface area contributed by atoms with Crippen LogP contribution in [0.15, 0.2) is 42.5 Å². The highest BCUT2D eigenvalue weighted by Gasteiger charge is 2.13. The molecule has 0 saturated carbocycles. The Bertz CT molecular complexity index is 621. The molecule has 2 rings (SSSR count). The van der Waals surface area contributed by atoms with Gasteiger partial charge in [-0.15, -0.1) is 0 Å². The number of hydrogen-bond acceptors (Lipinski definition) is 2. The average molecular weight is 290 g/mol. The van der Waals surface area contributed by atoms with Gasteiger partial charge in [-0.3, -0.25) is 4.79 Å². The second-order valence-corrected chi connectivity index (χ2v) is 4.88. The van der Waals surface area contributed by atoms with Crippen molar-refractivity contribution in [2.45, 2.75) is 19.9 Å². The monoisotopic (exact) mass is 290 g/mol. The molecule has 1 amide bonds. The molecule has 21 heavy (non-hydrogen) atoms. The Balaban J connectivity index is 2.00. The lowest BCUT2D eigenvalue weighted by molar-refractivity contribution is -0.116. The van der Waals surface area contributed by atoms with E-state index in [2.05, 4.69) is 10.6 Å². The number of aryl methyl sites for hydroxylation is 1. The van der Waals surface area contributed by atoms with Crippen molar-refractivity contribution in [1.82, 2.24) is 0 Å². The summed E-state index contributed by atoms with van der Waals surface area (Å²) in [6.07, 6.45) is 0. The van der Waals surface area contributed by atoms with Gasteiger partial charge in [0.15, 0.2) is 0 Å². The molecule has 0 saturated heterocycles. The van der Waals surface area contributed by atoms with Crippen LogP contribution in [0.3, 0.4) is 0 Å². The summed E-state index contributed by atoms with van der Waals surface area (Å²) in [6.45, 7) is 3.57. The lowest BCUT2D eigenvalue weighted by atomic mass is 10.2. The van der Waals surface area contributed by atoms with Crippen LogP contribution in [0, 0.1) is 18.6 Å². The lowest BCUT2D eigenvalue weighted by Crippen LogP contribution is -2.31. The van der Waals surface area contributed by atoms with Gasteiger partial charge >= 0.3 is 0 Å². The topological polar surface area (TPSA) is 41.1 Å². The van der Waals surface area contributed by atoms with Crippen molar-refractivity contribution in [1.29, 1.82) is 0 Å². The molecule has 2 aromatic carbocycles. The third-order valence-electron chi connectivity index (χ3n) is 2.96. The first kappa shape index (κ1) is 15.0. The van der Waals surface area contributed by atoms with Crippen molar-refractivity contribution in [2.24, 2.45) is 0 Å². The molecule has 1 atom stereocenters. The van der Waals surface area contributed by atoms with E-state index in [1.165, 1.54) is 0 Å². The van der Waals surface area contributed by atoms with Crippen molar-refractivity contribution in [3.05, 3.63) is 59.7 Å². The van der Waals surface area contributed by atoms with E-state index in [0.29, 0.717) is 5.69 Å². The fourth-order valence-corrected chi connectivity index (χ4v) is 1.84. The zero-order chi connectivity index (χ0) is 15.4. The van der Waals surface area contributed by atoms with E-state index < -0.39 is 17.7 Å². The Hall–Kier alpha value is -2.43. The van der Waals surface area contributed by atoms with Crippen LogP contribution in [0.25, 0.3) is 0 Å². The first-order chi connectivity index (χ1) is 9.94. The van der Waals surface area contributed by atoms with Crippen molar-refractivity contribution in [3.8, 4) is 0 Å². The molecular weight excluding hydrogens is 274 g/mol. The lowest BCUT2D eigenvalue weighted by Gasteiger charge is -2.15. The van der Waals surface area contributed by atoms with Crippen molar-refractivity contribution >= 4 is 17.3 Å². The summed E-state index contributed by atoms with van der Waals surface area (Å²) in [5, 5.41) is 5.49. The molecule has 2 N–H and O–H groups in total. The van der Waals surface area contributed by atoms with E-state index in [-0.39, 0.29) is 11.6 Å². The molecule has 0 spiro atoms. The predicted octanol–water partition coefficient (Wildman–Crippen LogP) is 3.71. The number of benzene rings is 2. The Morgan fingerprint density at radius 3 is 2.14 bits per heavy atom. The van der Waals surface area contributed by atoms with Gasteiger partial charge in [0, 0.05) is 17.4 Å².